The zero-order chi connectivity index (χ0) is 15.0. The molecule has 106 valence electrons. The minimum atomic E-state index is -1.05. The molecule has 0 heterocycles. The van der Waals surface area contributed by atoms with E-state index >= 15 is 0 Å². The van der Waals surface area contributed by atoms with E-state index in [9.17, 15) is 4.79 Å². The number of fused-ring (bicyclic) bond motifs is 3. The molecule has 6 heteroatoms. The highest BCUT2D eigenvalue weighted by atomic mass is 79.9. The second kappa shape index (κ2) is 5.61. The van der Waals surface area contributed by atoms with Crippen LogP contribution in [0.5, 0.6) is 0 Å². The number of oxime groups is 1. The third-order valence-electron chi connectivity index (χ3n) is 3.11. The van der Waals surface area contributed by atoms with E-state index in [1.807, 2.05) is 36.4 Å². The Morgan fingerprint density at radius 2 is 1.52 bits per heavy atom. The molecule has 0 aliphatic heterocycles. The second-order valence-electron chi connectivity index (χ2n) is 4.49. The van der Waals surface area contributed by atoms with Crippen LogP contribution in [-0.4, -0.2) is 23.4 Å². The van der Waals surface area contributed by atoms with E-state index < -0.39 is 12.6 Å². The molecule has 0 fully saturated rings. The lowest BCUT2D eigenvalue weighted by Crippen LogP contribution is -2.06. The van der Waals surface area contributed by atoms with Crippen LogP contribution >= 0.6 is 31.9 Å². The minimum absolute atomic E-state index is 0.462. The Balaban J connectivity index is 2.13. The van der Waals surface area contributed by atoms with Crippen molar-refractivity contribution in [1.29, 1.82) is 0 Å². The Morgan fingerprint density at radius 1 is 1.00 bits per heavy atom. The standard InChI is InChI=1S/C15H9Br2NO3/c16-8-1-3-10-11-4-2-9(17)6-13(11)15(12(10)5-8)18-21-7-14(19)20/h1-6H,7H2,(H,19,20). The SMILES string of the molecule is O=C(O)CON=C1c2cc(Br)ccc2-c2ccc(Br)cc21. The van der Waals surface area contributed by atoms with E-state index in [2.05, 4.69) is 37.0 Å². The van der Waals surface area contributed by atoms with Crippen LogP contribution in [0.2, 0.25) is 0 Å². The second-order valence-corrected chi connectivity index (χ2v) is 6.32. The molecule has 0 saturated carbocycles. The number of halogens is 2. The first kappa shape index (κ1) is 14.3. The highest BCUT2D eigenvalue weighted by Crippen LogP contribution is 2.39. The molecule has 0 amide bonds. The summed E-state index contributed by atoms with van der Waals surface area (Å²) in [6.07, 6.45) is 0. The summed E-state index contributed by atoms with van der Waals surface area (Å²) in [4.78, 5) is 15.5. The van der Waals surface area contributed by atoms with Crippen LogP contribution in [0.1, 0.15) is 11.1 Å². The van der Waals surface area contributed by atoms with Crippen LogP contribution in [0.25, 0.3) is 11.1 Å². The van der Waals surface area contributed by atoms with Gasteiger partial charge >= 0.3 is 5.97 Å². The molecular weight excluding hydrogens is 402 g/mol. The maximum atomic E-state index is 10.6. The molecule has 0 aromatic heterocycles. The van der Waals surface area contributed by atoms with E-state index in [1.165, 1.54) is 0 Å². The fraction of sp³-hybridized carbons (Fsp3) is 0.0667. The van der Waals surface area contributed by atoms with Gasteiger partial charge in [-0.3, -0.25) is 0 Å². The number of carboxylic acid groups (broad SMARTS) is 1. The van der Waals surface area contributed by atoms with E-state index in [4.69, 9.17) is 9.94 Å². The quantitative estimate of drug-likeness (QED) is 0.662. The van der Waals surface area contributed by atoms with Gasteiger partial charge in [-0.15, -0.1) is 0 Å². The molecule has 3 rings (SSSR count). The zero-order valence-electron chi connectivity index (χ0n) is 10.6. The first-order valence-corrected chi connectivity index (χ1v) is 7.67. The van der Waals surface area contributed by atoms with Crippen LogP contribution in [0.3, 0.4) is 0 Å². The Bertz CT molecular complexity index is 718. The average Bonchev–Trinajstić information content (AvgIpc) is 2.71. The number of hydrogen-bond acceptors (Lipinski definition) is 3. The molecule has 21 heavy (non-hydrogen) atoms. The molecule has 1 aliphatic carbocycles. The number of nitrogens with zero attached hydrogens (tertiary/aromatic N) is 1. The molecule has 4 nitrogen and oxygen atoms in total. The Hall–Kier alpha value is -1.66. The van der Waals surface area contributed by atoms with Crippen molar-refractivity contribution in [2.24, 2.45) is 5.16 Å². The fourth-order valence-electron chi connectivity index (χ4n) is 2.29. The summed E-state index contributed by atoms with van der Waals surface area (Å²) >= 11 is 6.89. The monoisotopic (exact) mass is 409 g/mol. The van der Waals surface area contributed by atoms with Crippen molar-refractivity contribution in [3.8, 4) is 11.1 Å². The van der Waals surface area contributed by atoms with Crippen molar-refractivity contribution in [3.63, 3.8) is 0 Å². The molecule has 1 N–H and O–H groups in total. The Kier molecular flexibility index (Phi) is 3.82. The van der Waals surface area contributed by atoms with Crippen LogP contribution in [0.15, 0.2) is 50.5 Å². The van der Waals surface area contributed by atoms with Gasteiger partial charge in [0.1, 0.15) is 5.71 Å². The molecule has 2 aromatic rings. The van der Waals surface area contributed by atoms with Gasteiger partial charge in [0.05, 0.1) is 0 Å². The number of rotatable bonds is 3. The van der Waals surface area contributed by atoms with Crippen LogP contribution in [-0.2, 0) is 9.63 Å². The zero-order valence-corrected chi connectivity index (χ0v) is 13.8. The molecule has 0 saturated heterocycles. The number of carbonyl (C=O) groups is 1. The summed E-state index contributed by atoms with van der Waals surface area (Å²) in [7, 11) is 0. The number of carboxylic acids is 1. The van der Waals surface area contributed by atoms with Gasteiger partial charge < -0.3 is 9.94 Å². The van der Waals surface area contributed by atoms with Gasteiger partial charge in [-0.2, -0.15) is 0 Å². The van der Waals surface area contributed by atoms with E-state index in [1.54, 1.807) is 0 Å². The van der Waals surface area contributed by atoms with Crippen molar-refractivity contribution >= 4 is 43.5 Å². The molecule has 0 unspecified atom stereocenters. The maximum Gasteiger partial charge on any atom is 0.344 e. The Morgan fingerprint density at radius 3 is 2.00 bits per heavy atom. The normalized spacial score (nSPS) is 11.8. The van der Waals surface area contributed by atoms with Gasteiger partial charge in [0.25, 0.3) is 0 Å². The first-order valence-electron chi connectivity index (χ1n) is 6.08. The van der Waals surface area contributed by atoms with Crippen molar-refractivity contribution < 1.29 is 14.7 Å². The molecular formula is C15H9Br2NO3. The van der Waals surface area contributed by atoms with Crippen molar-refractivity contribution in [2.75, 3.05) is 6.61 Å². The molecule has 0 atom stereocenters. The predicted molar refractivity (Wildman–Crippen MR) is 86.5 cm³/mol. The molecule has 0 spiro atoms. The third-order valence-corrected chi connectivity index (χ3v) is 4.09. The van der Waals surface area contributed by atoms with Gasteiger partial charge in [-0.1, -0.05) is 49.1 Å². The maximum absolute atomic E-state index is 10.6. The molecule has 2 aromatic carbocycles. The van der Waals surface area contributed by atoms with Crippen molar-refractivity contribution in [2.45, 2.75) is 0 Å². The largest absolute Gasteiger partial charge is 0.479 e. The van der Waals surface area contributed by atoms with Crippen LogP contribution in [0.4, 0.5) is 0 Å². The minimum Gasteiger partial charge on any atom is -0.479 e. The van der Waals surface area contributed by atoms with E-state index in [0.29, 0.717) is 5.71 Å². The summed E-state index contributed by atoms with van der Waals surface area (Å²) in [6, 6.07) is 11.8. The topological polar surface area (TPSA) is 58.9 Å². The Labute approximate surface area is 137 Å². The number of benzene rings is 2. The fourth-order valence-corrected chi connectivity index (χ4v) is 3.01. The molecule has 0 bridgehead atoms. The van der Waals surface area contributed by atoms with Gasteiger partial charge in [0, 0.05) is 20.1 Å². The molecule has 0 radical (unpaired) electrons. The summed E-state index contributed by atoms with van der Waals surface area (Å²) in [5.74, 6) is -1.05. The van der Waals surface area contributed by atoms with Crippen LogP contribution < -0.4 is 0 Å². The summed E-state index contributed by atoms with van der Waals surface area (Å²) in [5, 5.41) is 12.7. The molecule has 1 aliphatic rings. The van der Waals surface area contributed by atoms with E-state index in [-0.39, 0.29) is 0 Å². The number of hydrogen-bond donors (Lipinski definition) is 1. The van der Waals surface area contributed by atoms with Gasteiger partial charge in [0.15, 0.2) is 0 Å². The summed E-state index contributed by atoms with van der Waals surface area (Å²) in [6.45, 7) is -0.462. The summed E-state index contributed by atoms with van der Waals surface area (Å²) < 4.78 is 1.86. The highest BCUT2D eigenvalue weighted by molar-refractivity contribution is 9.10. The lowest BCUT2D eigenvalue weighted by molar-refractivity contribution is -0.142. The lowest BCUT2D eigenvalue weighted by Gasteiger charge is -2.02. The lowest BCUT2D eigenvalue weighted by atomic mass is 10.1. The van der Waals surface area contributed by atoms with Crippen molar-refractivity contribution in [3.05, 3.63) is 56.5 Å². The summed E-state index contributed by atoms with van der Waals surface area (Å²) in [5.41, 5.74) is 4.59. The predicted octanol–water partition coefficient (Wildman–Crippen LogP) is 4.05. The van der Waals surface area contributed by atoms with Gasteiger partial charge in [0.2, 0.25) is 6.61 Å². The van der Waals surface area contributed by atoms with Gasteiger partial charge in [-0.05, 0) is 35.4 Å². The van der Waals surface area contributed by atoms with E-state index in [0.717, 1.165) is 31.2 Å². The number of aliphatic carboxylic acids is 1. The van der Waals surface area contributed by atoms with Gasteiger partial charge in [-0.25, -0.2) is 4.79 Å². The average molecular weight is 411 g/mol. The third kappa shape index (κ3) is 2.73. The smallest absolute Gasteiger partial charge is 0.344 e. The van der Waals surface area contributed by atoms with Crippen molar-refractivity contribution in [1.82, 2.24) is 0 Å². The van der Waals surface area contributed by atoms with Crippen LogP contribution in [0, 0.1) is 0 Å². The highest BCUT2D eigenvalue weighted by Gasteiger charge is 2.26. The first-order chi connectivity index (χ1) is 10.1.